The molecule has 4 rings (SSSR count). The van der Waals surface area contributed by atoms with Crippen LogP contribution in [0.2, 0.25) is 0 Å². The molecule has 1 aliphatic heterocycles. The molecule has 1 aromatic heterocycles. The van der Waals surface area contributed by atoms with E-state index in [4.69, 9.17) is 0 Å². The molecule has 1 saturated heterocycles. The van der Waals surface area contributed by atoms with Crippen LogP contribution in [0.1, 0.15) is 35.3 Å². The van der Waals surface area contributed by atoms with Crippen LogP contribution in [-0.4, -0.2) is 46.8 Å². The molecule has 2 aromatic carbocycles. The maximum atomic E-state index is 13.3. The molecule has 1 fully saturated rings. The zero-order valence-corrected chi connectivity index (χ0v) is 17.3. The van der Waals surface area contributed by atoms with E-state index in [2.05, 4.69) is 15.3 Å². The summed E-state index contributed by atoms with van der Waals surface area (Å²) < 4.78 is 15.0. The summed E-state index contributed by atoms with van der Waals surface area (Å²) in [6.07, 6.45) is 3.76. The lowest BCUT2D eigenvalue weighted by molar-refractivity contribution is 0.0939. The second-order valence-electron chi connectivity index (χ2n) is 7.83. The standard InChI is InChI=1S/C24H27FN4O/c1-18-5-11-21(12-6-18)29-23(17-22(27-29)19-7-9-20(25)10-8-19)24(30)26-13-16-28-14-3-2-4-15-28/h5-12,17H,2-4,13-16H2,1H3,(H,26,30). The fraction of sp³-hybridized carbons (Fsp3) is 0.333. The molecule has 1 N–H and O–H groups in total. The Morgan fingerprint density at radius 2 is 1.73 bits per heavy atom. The summed E-state index contributed by atoms with van der Waals surface area (Å²) in [7, 11) is 0. The first-order valence-corrected chi connectivity index (χ1v) is 10.5. The van der Waals surface area contributed by atoms with Gasteiger partial charge < -0.3 is 10.2 Å². The highest BCUT2D eigenvalue weighted by atomic mass is 19.1. The van der Waals surface area contributed by atoms with Gasteiger partial charge in [0.1, 0.15) is 11.5 Å². The topological polar surface area (TPSA) is 50.2 Å². The highest BCUT2D eigenvalue weighted by Crippen LogP contribution is 2.22. The van der Waals surface area contributed by atoms with Gasteiger partial charge >= 0.3 is 0 Å². The van der Waals surface area contributed by atoms with Crippen LogP contribution in [0.5, 0.6) is 0 Å². The first-order chi connectivity index (χ1) is 14.6. The van der Waals surface area contributed by atoms with Crippen molar-refractivity contribution >= 4 is 5.91 Å². The third kappa shape index (κ3) is 4.76. The minimum atomic E-state index is -0.299. The Balaban J connectivity index is 1.56. The molecule has 156 valence electrons. The number of amides is 1. The summed E-state index contributed by atoms with van der Waals surface area (Å²) in [6, 6.07) is 15.8. The fourth-order valence-corrected chi connectivity index (χ4v) is 3.79. The molecule has 5 nitrogen and oxygen atoms in total. The van der Waals surface area contributed by atoms with Crippen molar-refractivity contribution in [3.63, 3.8) is 0 Å². The van der Waals surface area contributed by atoms with Crippen molar-refractivity contribution in [2.24, 2.45) is 0 Å². The number of halogens is 1. The number of piperidine rings is 1. The van der Waals surface area contributed by atoms with Crippen LogP contribution in [0.3, 0.4) is 0 Å². The van der Waals surface area contributed by atoms with Crippen molar-refractivity contribution in [1.82, 2.24) is 20.0 Å². The number of likely N-dealkylation sites (tertiary alicyclic amines) is 1. The summed E-state index contributed by atoms with van der Waals surface area (Å²) in [4.78, 5) is 15.4. The van der Waals surface area contributed by atoms with E-state index < -0.39 is 0 Å². The molecule has 0 bridgehead atoms. The minimum absolute atomic E-state index is 0.159. The number of aryl methyl sites for hydroxylation is 1. The SMILES string of the molecule is Cc1ccc(-n2nc(-c3ccc(F)cc3)cc2C(=O)NCCN2CCCCC2)cc1. The fourth-order valence-electron chi connectivity index (χ4n) is 3.79. The van der Waals surface area contributed by atoms with Crippen molar-refractivity contribution in [3.05, 3.63) is 71.7 Å². The van der Waals surface area contributed by atoms with Crippen LogP contribution in [0.15, 0.2) is 54.6 Å². The van der Waals surface area contributed by atoms with Gasteiger partial charge in [0.2, 0.25) is 0 Å². The van der Waals surface area contributed by atoms with Gasteiger partial charge in [-0.15, -0.1) is 0 Å². The van der Waals surface area contributed by atoms with E-state index in [1.165, 1.54) is 31.4 Å². The van der Waals surface area contributed by atoms with E-state index in [0.29, 0.717) is 17.9 Å². The van der Waals surface area contributed by atoms with Crippen LogP contribution < -0.4 is 5.32 Å². The Kier molecular flexibility index (Phi) is 6.23. The largest absolute Gasteiger partial charge is 0.349 e. The monoisotopic (exact) mass is 406 g/mol. The number of benzene rings is 2. The molecule has 2 heterocycles. The minimum Gasteiger partial charge on any atom is -0.349 e. The number of nitrogens with zero attached hydrogens (tertiary/aromatic N) is 3. The Bertz CT molecular complexity index is 989. The second-order valence-corrected chi connectivity index (χ2v) is 7.83. The smallest absolute Gasteiger partial charge is 0.270 e. The molecule has 6 heteroatoms. The summed E-state index contributed by atoms with van der Waals surface area (Å²) >= 11 is 0. The van der Waals surface area contributed by atoms with Crippen molar-refractivity contribution in [2.75, 3.05) is 26.2 Å². The number of aromatic nitrogens is 2. The molecule has 0 saturated carbocycles. The molecule has 0 unspecified atom stereocenters. The molecule has 30 heavy (non-hydrogen) atoms. The third-order valence-electron chi connectivity index (χ3n) is 5.52. The lowest BCUT2D eigenvalue weighted by atomic mass is 10.1. The molecule has 1 aliphatic rings. The predicted molar refractivity (Wildman–Crippen MR) is 116 cm³/mol. The number of hydrogen-bond donors (Lipinski definition) is 1. The number of carbonyl (C=O) groups excluding carboxylic acids is 1. The highest BCUT2D eigenvalue weighted by molar-refractivity contribution is 5.94. The van der Waals surface area contributed by atoms with E-state index in [-0.39, 0.29) is 11.7 Å². The van der Waals surface area contributed by atoms with Gasteiger partial charge in [-0.3, -0.25) is 4.79 Å². The van der Waals surface area contributed by atoms with E-state index in [0.717, 1.165) is 36.4 Å². The summed E-state index contributed by atoms with van der Waals surface area (Å²) in [5.41, 5.74) is 3.82. The second kappa shape index (κ2) is 9.22. The molecule has 0 radical (unpaired) electrons. The van der Waals surface area contributed by atoms with Gasteiger partial charge in [0.05, 0.1) is 11.4 Å². The van der Waals surface area contributed by atoms with Gasteiger partial charge in [-0.1, -0.05) is 24.1 Å². The average Bonchev–Trinajstić information content (AvgIpc) is 3.21. The molecule has 0 spiro atoms. The van der Waals surface area contributed by atoms with E-state index in [9.17, 15) is 9.18 Å². The van der Waals surface area contributed by atoms with Gasteiger partial charge in [-0.25, -0.2) is 9.07 Å². The Morgan fingerprint density at radius 3 is 2.43 bits per heavy atom. The third-order valence-corrected chi connectivity index (χ3v) is 5.52. The van der Waals surface area contributed by atoms with Crippen LogP contribution in [0.25, 0.3) is 16.9 Å². The molecule has 1 amide bonds. The molecule has 0 atom stereocenters. The maximum absolute atomic E-state index is 13.3. The van der Waals surface area contributed by atoms with Crippen molar-refractivity contribution in [3.8, 4) is 16.9 Å². The number of rotatable bonds is 6. The summed E-state index contributed by atoms with van der Waals surface area (Å²) in [5.74, 6) is -0.458. The van der Waals surface area contributed by atoms with Gasteiger partial charge in [0.15, 0.2) is 0 Å². The van der Waals surface area contributed by atoms with Crippen molar-refractivity contribution in [2.45, 2.75) is 26.2 Å². The Hall–Kier alpha value is -2.99. The van der Waals surface area contributed by atoms with E-state index in [1.807, 2.05) is 31.2 Å². The molecular formula is C24H27FN4O. The van der Waals surface area contributed by atoms with Crippen molar-refractivity contribution in [1.29, 1.82) is 0 Å². The maximum Gasteiger partial charge on any atom is 0.270 e. The van der Waals surface area contributed by atoms with Gasteiger partial charge in [0, 0.05) is 18.7 Å². The van der Waals surface area contributed by atoms with E-state index in [1.54, 1.807) is 22.9 Å². The van der Waals surface area contributed by atoms with Crippen LogP contribution >= 0.6 is 0 Å². The van der Waals surface area contributed by atoms with Crippen LogP contribution in [0.4, 0.5) is 4.39 Å². The zero-order valence-electron chi connectivity index (χ0n) is 17.3. The van der Waals surface area contributed by atoms with Gasteiger partial charge in [-0.05, 0) is 75.3 Å². The lowest BCUT2D eigenvalue weighted by Gasteiger charge is -2.26. The number of nitrogens with one attached hydrogen (secondary N) is 1. The van der Waals surface area contributed by atoms with Crippen LogP contribution in [0, 0.1) is 12.7 Å². The quantitative estimate of drug-likeness (QED) is 0.667. The Morgan fingerprint density at radius 1 is 1.03 bits per heavy atom. The first kappa shape index (κ1) is 20.3. The average molecular weight is 407 g/mol. The first-order valence-electron chi connectivity index (χ1n) is 10.5. The predicted octanol–water partition coefficient (Wildman–Crippen LogP) is 4.20. The normalized spacial score (nSPS) is 14.6. The molecular weight excluding hydrogens is 379 g/mol. The number of carbonyl (C=O) groups is 1. The number of hydrogen-bond acceptors (Lipinski definition) is 3. The summed E-state index contributed by atoms with van der Waals surface area (Å²) in [6.45, 7) is 5.68. The van der Waals surface area contributed by atoms with Gasteiger partial charge in [-0.2, -0.15) is 5.10 Å². The lowest BCUT2D eigenvalue weighted by Crippen LogP contribution is -2.38. The summed E-state index contributed by atoms with van der Waals surface area (Å²) in [5, 5.41) is 7.69. The Labute approximate surface area is 176 Å². The highest BCUT2D eigenvalue weighted by Gasteiger charge is 2.18. The van der Waals surface area contributed by atoms with Crippen LogP contribution in [-0.2, 0) is 0 Å². The van der Waals surface area contributed by atoms with Gasteiger partial charge in [0.25, 0.3) is 5.91 Å². The molecule has 3 aromatic rings. The zero-order chi connectivity index (χ0) is 20.9. The van der Waals surface area contributed by atoms with E-state index >= 15 is 0 Å². The van der Waals surface area contributed by atoms with Crippen molar-refractivity contribution < 1.29 is 9.18 Å². The molecule has 0 aliphatic carbocycles.